The van der Waals surface area contributed by atoms with Gasteiger partial charge in [-0.15, -0.1) is 11.3 Å². The molecule has 0 aliphatic rings. The van der Waals surface area contributed by atoms with E-state index in [2.05, 4.69) is 29.1 Å². The van der Waals surface area contributed by atoms with E-state index in [4.69, 9.17) is 5.73 Å². The van der Waals surface area contributed by atoms with Crippen molar-refractivity contribution in [3.8, 4) is 0 Å². The summed E-state index contributed by atoms with van der Waals surface area (Å²) in [6.07, 6.45) is 3.25. The van der Waals surface area contributed by atoms with E-state index in [0.717, 1.165) is 0 Å². The molecule has 0 saturated carbocycles. The predicted octanol–water partition coefficient (Wildman–Crippen LogP) is 1.58. The third-order valence-electron chi connectivity index (χ3n) is 2.27. The Kier molecular flexibility index (Phi) is 2.83. The predicted molar refractivity (Wildman–Crippen MR) is 60.9 cm³/mol. The summed E-state index contributed by atoms with van der Waals surface area (Å²) in [5.74, 6) is 0. The Morgan fingerprint density at radius 2 is 2.27 bits per heavy atom. The molecule has 80 valence electrons. The molecule has 5 heteroatoms. The molecule has 2 N–H and O–H groups in total. The first kappa shape index (κ1) is 10.3. The molecule has 2 unspecified atom stereocenters. The number of aromatic nitrogens is 3. The molecule has 2 atom stereocenters. The summed E-state index contributed by atoms with van der Waals surface area (Å²) >= 11 is 1.75. The minimum absolute atomic E-state index is 0.0183. The van der Waals surface area contributed by atoms with Gasteiger partial charge in [0.1, 0.15) is 18.7 Å². The lowest BCUT2D eigenvalue weighted by molar-refractivity contribution is 0.459. The van der Waals surface area contributed by atoms with Crippen LogP contribution in [0, 0.1) is 6.92 Å². The van der Waals surface area contributed by atoms with Crippen LogP contribution in [0.2, 0.25) is 0 Å². The van der Waals surface area contributed by atoms with E-state index in [-0.39, 0.29) is 12.1 Å². The van der Waals surface area contributed by atoms with Crippen LogP contribution in [0.4, 0.5) is 0 Å². The van der Waals surface area contributed by atoms with Crippen LogP contribution in [0.5, 0.6) is 0 Å². The summed E-state index contributed by atoms with van der Waals surface area (Å²) in [4.78, 5) is 6.48. The van der Waals surface area contributed by atoms with Gasteiger partial charge in [-0.05, 0) is 26.0 Å². The van der Waals surface area contributed by atoms with Crippen molar-refractivity contribution < 1.29 is 0 Å². The lowest BCUT2D eigenvalue weighted by Gasteiger charge is -2.19. The summed E-state index contributed by atoms with van der Waals surface area (Å²) in [6, 6.07) is 4.32. The third kappa shape index (κ3) is 2.08. The van der Waals surface area contributed by atoms with Gasteiger partial charge in [0.2, 0.25) is 0 Å². The maximum Gasteiger partial charge on any atom is 0.137 e. The topological polar surface area (TPSA) is 56.7 Å². The summed E-state index contributed by atoms with van der Waals surface area (Å²) in [5.41, 5.74) is 5.99. The minimum Gasteiger partial charge on any atom is -0.326 e. The fourth-order valence-electron chi connectivity index (χ4n) is 1.60. The van der Waals surface area contributed by atoms with Gasteiger partial charge < -0.3 is 5.73 Å². The van der Waals surface area contributed by atoms with E-state index in [1.54, 1.807) is 17.7 Å². The van der Waals surface area contributed by atoms with Gasteiger partial charge in [0.05, 0.1) is 0 Å². The highest BCUT2D eigenvalue weighted by atomic mass is 32.1. The highest BCUT2D eigenvalue weighted by molar-refractivity contribution is 7.12. The zero-order valence-corrected chi connectivity index (χ0v) is 9.61. The fraction of sp³-hybridized carbons (Fsp3) is 0.400. The van der Waals surface area contributed by atoms with Crippen molar-refractivity contribution in [3.63, 3.8) is 0 Å². The Hall–Kier alpha value is -1.20. The number of nitrogens with two attached hydrogens (primary N) is 1. The van der Waals surface area contributed by atoms with Crippen molar-refractivity contribution in [1.82, 2.24) is 14.8 Å². The average Bonchev–Trinajstić information content (AvgIpc) is 2.77. The molecular weight excluding hydrogens is 208 g/mol. The molecule has 0 saturated heterocycles. The quantitative estimate of drug-likeness (QED) is 0.858. The molecule has 2 heterocycles. The van der Waals surface area contributed by atoms with Gasteiger partial charge in [-0.2, -0.15) is 5.10 Å². The van der Waals surface area contributed by atoms with Gasteiger partial charge in [-0.3, -0.25) is 0 Å². The van der Waals surface area contributed by atoms with Crippen LogP contribution in [0.25, 0.3) is 0 Å². The van der Waals surface area contributed by atoms with Gasteiger partial charge >= 0.3 is 0 Å². The number of nitrogens with zero attached hydrogens (tertiary/aromatic N) is 3. The SMILES string of the molecule is Cc1ccc(C(C(C)N)n2cncn2)s1. The van der Waals surface area contributed by atoms with Crippen LogP contribution in [-0.4, -0.2) is 20.8 Å². The second-order valence-corrected chi connectivity index (χ2v) is 4.95. The Labute approximate surface area is 92.8 Å². The Morgan fingerprint density at radius 3 is 2.73 bits per heavy atom. The van der Waals surface area contributed by atoms with Crippen LogP contribution in [0.1, 0.15) is 22.7 Å². The Bertz CT molecular complexity index is 418. The zero-order valence-electron chi connectivity index (χ0n) is 8.79. The monoisotopic (exact) mass is 222 g/mol. The number of hydrogen-bond acceptors (Lipinski definition) is 4. The van der Waals surface area contributed by atoms with Crippen LogP contribution in [0.15, 0.2) is 24.8 Å². The lowest BCUT2D eigenvalue weighted by Crippen LogP contribution is -2.29. The first-order chi connectivity index (χ1) is 7.18. The normalized spacial score (nSPS) is 15.1. The van der Waals surface area contributed by atoms with E-state index < -0.39 is 0 Å². The molecule has 2 aromatic rings. The van der Waals surface area contributed by atoms with Crippen LogP contribution in [0.3, 0.4) is 0 Å². The zero-order chi connectivity index (χ0) is 10.8. The summed E-state index contributed by atoms with van der Waals surface area (Å²) < 4.78 is 1.82. The first-order valence-electron chi connectivity index (χ1n) is 4.84. The molecule has 4 nitrogen and oxygen atoms in total. The molecule has 0 aliphatic carbocycles. The van der Waals surface area contributed by atoms with Crippen LogP contribution < -0.4 is 5.73 Å². The molecule has 0 fully saturated rings. The molecule has 15 heavy (non-hydrogen) atoms. The first-order valence-corrected chi connectivity index (χ1v) is 5.66. The highest BCUT2D eigenvalue weighted by Crippen LogP contribution is 2.26. The van der Waals surface area contributed by atoms with Gasteiger partial charge in [0.25, 0.3) is 0 Å². The fourth-order valence-corrected chi connectivity index (χ4v) is 2.69. The van der Waals surface area contributed by atoms with Crippen molar-refractivity contribution >= 4 is 11.3 Å². The molecule has 0 amide bonds. The molecule has 0 aliphatic heterocycles. The van der Waals surface area contributed by atoms with Crippen LogP contribution >= 0.6 is 11.3 Å². The maximum absolute atomic E-state index is 5.99. The van der Waals surface area contributed by atoms with Crippen LogP contribution in [-0.2, 0) is 0 Å². The van der Waals surface area contributed by atoms with Crippen molar-refractivity contribution in [2.45, 2.75) is 25.9 Å². The van der Waals surface area contributed by atoms with Gasteiger partial charge in [0.15, 0.2) is 0 Å². The van der Waals surface area contributed by atoms with E-state index in [9.17, 15) is 0 Å². The van der Waals surface area contributed by atoms with Gasteiger partial charge in [-0.25, -0.2) is 9.67 Å². The van der Waals surface area contributed by atoms with Gasteiger partial charge in [0, 0.05) is 15.8 Å². The standard InChI is InChI=1S/C10H14N4S/c1-7-3-4-9(15-7)10(8(2)11)14-6-12-5-13-14/h3-6,8,10H,11H2,1-2H3. The number of hydrogen-bond donors (Lipinski definition) is 1. The smallest absolute Gasteiger partial charge is 0.137 e. The molecule has 0 bridgehead atoms. The summed E-state index contributed by atoms with van der Waals surface area (Å²) in [6.45, 7) is 4.08. The molecule has 0 aromatic carbocycles. The van der Waals surface area contributed by atoms with E-state index in [1.165, 1.54) is 16.1 Å². The van der Waals surface area contributed by atoms with Crippen molar-refractivity contribution in [2.24, 2.45) is 5.73 Å². The maximum atomic E-state index is 5.99. The second kappa shape index (κ2) is 4.12. The molecular formula is C10H14N4S. The van der Waals surface area contributed by atoms with Crippen molar-refractivity contribution in [1.29, 1.82) is 0 Å². The summed E-state index contributed by atoms with van der Waals surface area (Å²) in [5, 5.41) is 4.16. The summed E-state index contributed by atoms with van der Waals surface area (Å²) in [7, 11) is 0. The highest BCUT2D eigenvalue weighted by Gasteiger charge is 2.20. The minimum atomic E-state index is 0.0183. The van der Waals surface area contributed by atoms with E-state index in [1.807, 2.05) is 11.6 Å². The van der Waals surface area contributed by atoms with E-state index >= 15 is 0 Å². The lowest BCUT2D eigenvalue weighted by atomic mass is 10.1. The largest absolute Gasteiger partial charge is 0.326 e. The molecule has 2 rings (SSSR count). The number of aryl methyl sites for hydroxylation is 1. The molecule has 2 aromatic heterocycles. The Morgan fingerprint density at radius 1 is 1.47 bits per heavy atom. The molecule has 0 radical (unpaired) electrons. The Balaban J connectivity index is 2.36. The number of rotatable bonds is 3. The second-order valence-electron chi connectivity index (χ2n) is 3.63. The average molecular weight is 222 g/mol. The number of thiophene rings is 1. The van der Waals surface area contributed by atoms with Crippen molar-refractivity contribution in [2.75, 3.05) is 0 Å². The van der Waals surface area contributed by atoms with Crippen molar-refractivity contribution in [3.05, 3.63) is 34.5 Å². The van der Waals surface area contributed by atoms with Gasteiger partial charge in [-0.1, -0.05) is 0 Å². The third-order valence-corrected chi connectivity index (χ3v) is 3.34. The molecule has 0 spiro atoms. The van der Waals surface area contributed by atoms with E-state index in [0.29, 0.717) is 0 Å².